The van der Waals surface area contributed by atoms with E-state index in [4.69, 9.17) is 13.9 Å². The number of fused-ring (bicyclic) bond motifs is 2. The second-order valence-electron chi connectivity index (χ2n) is 7.63. The van der Waals surface area contributed by atoms with Gasteiger partial charge >= 0.3 is 11.9 Å². The summed E-state index contributed by atoms with van der Waals surface area (Å²) in [5, 5.41) is 0.808. The first kappa shape index (κ1) is 21.4. The molecule has 7 heteroatoms. The molecule has 0 spiro atoms. The van der Waals surface area contributed by atoms with Gasteiger partial charge in [-0.05, 0) is 32.0 Å². The maximum atomic E-state index is 13.2. The Morgan fingerprint density at radius 1 is 0.969 bits per heavy atom. The molecule has 1 atom stereocenters. The molecule has 1 aliphatic heterocycles. The third-order valence-corrected chi connectivity index (χ3v) is 6.08. The van der Waals surface area contributed by atoms with Crippen LogP contribution in [0.1, 0.15) is 19.4 Å². The van der Waals surface area contributed by atoms with Crippen molar-refractivity contribution in [3.63, 3.8) is 0 Å². The highest BCUT2D eigenvalue weighted by molar-refractivity contribution is 6.17. The maximum absolute atomic E-state index is 13.2. The van der Waals surface area contributed by atoms with Crippen LogP contribution in [0.15, 0.2) is 68.5 Å². The molecule has 0 saturated carbocycles. The molecule has 1 unspecified atom stereocenters. The molecule has 4 rings (SSSR count). The van der Waals surface area contributed by atoms with Crippen molar-refractivity contribution >= 4 is 39.5 Å². The number of rotatable bonds is 3. The molecular weight excluding hydrogens is 410 g/mol. The number of ether oxygens (including phenoxy) is 2. The van der Waals surface area contributed by atoms with Crippen LogP contribution in [-0.2, 0) is 19.1 Å². The standard InChI is InChI=1S/C25H23NO6/c1-13-19(24(28)30-4)21(20(25(29)31-5)14(2)26(13)3)16-10-8-11-17-22(27)15-9-6-7-12-18(15)32-23(16)17/h6-13H,1-5H3. The first-order valence-corrected chi connectivity index (χ1v) is 10.1. The Labute approximate surface area is 184 Å². The minimum Gasteiger partial charge on any atom is -0.466 e. The van der Waals surface area contributed by atoms with Crippen LogP contribution in [0.5, 0.6) is 0 Å². The Hall–Kier alpha value is -3.87. The van der Waals surface area contributed by atoms with Gasteiger partial charge in [0.05, 0.1) is 42.2 Å². The third-order valence-electron chi connectivity index (χ3n) is 6.08. The second-order valence-corrected chi connectivity index (χ2v) is 7.63. The lowest BCUT2D eigenvalue weighted by atomic mass is 9.84. The fourth-order valence-corrected chi connectivity index (χ4v) is 4.22. The van der Waals surface area contributed by atoms with E-state index < -0.39 is 18.0 Å². The number of esters is 2. The minimum absolute atomic E-state index is 0.190. The molecule has 1 aliphatic rings. The van der Waals surface area contributed by atoms with Crippen molar-refractivity contribution in [2.75, 3.05) is 21.3 Å². The van der Waals surface area contributed by atoms with Crippen molar-refractivity contribution in [1.82, 2.24) is 4.90 Å². The number of carbonyl (C=O) groups excluding carboxylic acids is 2. The minimum atomic E-state index is -0.599. The van der Waals surface area contributed by atoms with Crippen molar-refractivity contribution in [3.05, 3.63) is 75.1 Å². The molecule has 0 radical (unpaired) electrons. The summed E-state index contributed by atoms with van der Waals surface area (Å²) in [5.41, 5.74) is 2.44. The predicted molar refractivity (Wildman–Crippen MR) is 121 cm³/mol. The molecular formula is C25H23NO6. The van der Waals surface area contributed by atoms with Crippen molar-refractivity contribution in [2.24, 2.45) is 0 Å². The van der Waals surface area contributed by atoms with Gasteiger partial charge in [0.2, 0.25) is 5.43 Å². The van der Waals surface area contributed by atoms with Gasteiger partial charge in [-0.1, -0.05) is 24.3 Å². The zero-order chi connectivity index (χ0) is 23.2. The molecule has 32 heavy (non-hydrogen) atoms. The summed E-state index contributed by atoms with van der Waals surface area (Å²) in [6.07, 6.45) is 0. The summed E-state index contributed by atoms with van der Waals surface area (Å²) < 4.78 is 16.3. The zero-order valence-electron chi connectivity index (χ0n) is 18.5. The van der Waals surface area contributed by atoms with E-state index in [1.165, 1.54) is 14.2 Å². The third kappa shape index (κ3) is 3.09. The average Bonchev–Trinajstić information content (AvgIpc) is 2.81. The largest absolute Gasteiger partial charge is 0.466 e. The molecule has 0 amide bonds. The molecule has 0 aliphatic carbocycles. The van der Waals surface area contributed by atoms with E-state index in [1.807, 2.05) is 11.8 Å². The molecule has 2 heterocycles. The number of para-hydroxylation sites is 2. The smallest absolute Gasteiger partial charge is 0.340 e. The van der Waals surface area contributed by atoms with Crippen molar-refractivity contribution in [1.29, 1.82) is 0 Å². The average molecular weight is 433 g/mol. The van der Waals surface area contributed by atoms with Crippen LogP contribution in [-0.4, -0.2) is 44.1 Å². The Morgan fingerprint density at radius 3 is 2.31 bits per heavy atom. The van der Waals surface area contributed by atoms with Crippen LogP contribution in [0.25, 0.3) is 27.5 Å². The lowest BCUT2D eigenvalue weighted by Crippen LogP contribution is -2.38. The number of nitrogens with zero attached hydrogens (tertiary/aromatic N) is 1. The van der Waals surface area contributed by atoms with Crippen LogP contribution in [0.2, 0.25) is 0 Å². The quantitative estimate of drug-likeness (QED) is 0.460. The van der Waals surface area contributed by atoms with Crippen LogP contribution in [0.3, 0.4) is 0 Å². The highest BCUT2D eigenvalue weighted by atomic mass is 16.5. The van der Waals surface area contributed by atoms with Gasteiger partial charge in [0.25, 0.3) is 0 Å². The Morgan fingerprint density at radius 2 is 1.62 bits per heavy atom. The Bertz CT molecular complexity index is 1390. The van der Waals surface area contributed by atoms with Gasteiger partial charge in [-0.3, -0.25) is 4.79 Å². The highest BCUT2D eigenvalue weighted by Crippen LogP contribution is 2.41. The van der Waals surface area contributed by atoms with Gasteiger partial charge in [-0.25, -0.2) is 9.59 Å². The first-order valence-electron chi connectivity index (χ1n) is 10.1. The van der Waals surface area contributed by atoms with E-state index in [1.54, 1.807) is 56.4 Å². The van der Waals surface area contributed by atoms with E-state index in [0.717, 1.165) is 0 Å². The summed E-state index contributed by atoms with van der Waals surface area (Å²) in [5.74, 6) is -1.17. The lowest BCUT2D eigenvalue weighted by Gasteiger charge is -2.36. The van der Waals surface area contributed by atoms with Crippen molar-refractivity contribution in [2.45, 2.75) is 19.9 Å². The summed E-state index contributed by atoms with van der Waals surface area (Å²) in [6, 6.07) is 11.7. The SMILES string of the molecule is COC(=O)C1=C(C)N(C)C(C)C(C(=O)OC)=C1c1cccc2c(=O)c3ccccc3oc12. The number of likely N-dealkylation sites (N-methyl/N-ethyl adjacent to an activating group) is 1. The van der Waals surface area contributed by atoms with Crippen LogP contribution in [0, 0.1) is 0 Å². The topological polar surface area (TPSA) is 86.0 Å². The van der Waals surface area contributed by atoms with Crippen molar-refractivity contribution in [3.8, 4) is 0 Å². The number of hydrogen-bond donors (Lipinski definition) is 0. The molecule has 2 aromatic carbocycles. The van der Waals surface area contributed by atoms with Crippen molar-refractivity contribution < 1.29 is 23.5 Å². The summed E-state index contributed by atoms with van der Waals surface area (Å²) in [7, 11) is 4.37. The van der Waals surface area contributed by atoms with Gasteiger partial charge in [0.1, 0.15) is 11.2 Å². The first-order chi connectivity index (χ1) is 15.3. The van der Waals surface area contributed by atoms with Gasteiger partial charge in [-0.2, -0.15) is 0 Å². The van der Waals surface area contributed by atoms with Crippen LogP contribution >= 0.6 is 0 Å². The van der Waals surface area contributed by atoms with Gasteiger partial charge in [0.15, 0.2) is 0 Å². The number of benzene rings is 2. The van der Waals surface area contributed by atoms with E-state index in [9.17, 15) is 14.4 Å². The van der Waals surface area contributed by atoms with Gasteiger partial charge in [-0.15, -0.1) is 0 Å². The number of methoxy groups -OCH3 is 2. The summed E-state index contributed by atoms with van der Waals surface area (Å²) >= 11 is 0. The number of carbonyl (C=O) groups is 2. The van der Waals surface area contributed by atoms with E-state index >= 15 is 0 Å². The van der Waals surface area contributed by atoms with E-state index in [2.05, 4.69) is 0 Å². The van der Waals surface area contributed by atoms with E-state index in [-0.39, 0.29) is 16.6 Å². The molecule has 1 aromatic heterocycles. The number of allylic oxidation sites excluding steroid dienone is 1. The molecule has 0 bridgehead atoms. The monoisotopic (exact) mass is 433 g/mol. The highest BCUT2D eigenvalue weighted by Gasteiger charge is 2.38. The fraction of sp³-hybridized carbons (Fsp3) is 0.240. The lowest BCUT2D eigenvalue weighted by molar-refractivity contribution is -0.136. The Kier molecular flexibility index (Phi) is 5.34. The zero-order valence-corrected chi connectivity index (χ0v) is 18.5. The summed E-state index contributed by atoms with van der Waals surface area (Å²) in [6.45, 7) is 3.63. The van der Waals surface area contributed by atoms with Crippen LogP contribution < -0.4 is 5.43 Å². The molecule has 164 valence electrons. The molecule has 3 aromatic rings. The summed E-state index contributed by atoms with van der Waals surface area (Å²) in [4.78, 5) is 40.8. The van der Waals surface area contributed by atoms with Gasteiger partial charge < -0.3 is 18.8 Å². The predicted octanol–water partition coefficient (Wildman–Crippen LogP) is 3.65. The second kappa shape index (κ2) is 8.00. The normalized spacial score (nSPS) is 16.7. The number of hydrogen-bond acceptors (Lipinski definition) is 7. The van der Waals surface area contributed by atoms with Gasteiger partial charge in [0, 0.05) is 23.9 Å². The fourth-order valence-electron chi connectivity index (χ4n) is 4.22. The Balaban J connectivity index is 2.19. The van der Waals surface area contributed by atoms with E-state index in [0.29, 0.717) is 38.8 Å². The molecule has 7 nitrogen and oxygen atoms in total. The maximum Gasteiger partial charge on any atom is 0.340 e. The van der Waals surface area contributed by atoms with Crippen LogP contribution in [0.4, 0.5) is 0 Å². The molecule has 0 fully saturated rings. The molecule has 0 saturated heterocycles. The molecule has 0 N–H and O–H groups in total.